The van der Waals surface area contributed by atoms with Crippen molar-refractivity contribution in [1.82, 2.24) is 4.90 Å². The summed E-state index contributed by atoms with van der Waals surface area (Å²) in [5.74, 6) is 1.40. The Hall–Kier alpha value is -1.06. The average molecular weight is 277 g/mol. The molecular weight excluding hydrogens is 250 g/mol. The highest BCUT2D eigenvalue weighted by Crippen LogP contribution is 2.22. The monoisotopic (exact) mass is 277 g/mol. The largest absolute Gasteiger partial charge is 0.494 e. The topological polar surface area (TPSA) is 32.7 Å². The van der Waals surface area contributed by atoms with Gasteiger partial charge >= 0.3 is 0 Å². The van der Waals surface area contributed by atoms with Gasteiger partial charge in [-0.25, -0.2) is 0 Å². The van der Waals surface area contributed by atoms with Crippen LogP contribution in [-0.4, -0.2) is 35.8 Å². The summed E-state index contributed by atoms with van der Waals surface area (Å²) in [6, 6.07) is 8.42. The van der Waals surface area contributed by atoms with E-state index in [1.807, 2.05) is 6.92 Å². The van der Waals surface area contributed by atoms with Crippen molar-refractivity contribution in [2.45, 2.75) is 45.8 Å². The Morgan fingerprint density at radius 1 is 1.35 bits per heavy atom. The van der Waals surface area contributed by atoms with Gasteiger partial charge in [0, 0.05) is 13.1 Å². The first-order valence-corrected chi connectivity index (χ1v) is 7.81. The fourth-order valence-corrected chi connectivity index (χ4v) is 2.68. The molecule has 20 heavy (non-hydrogen) atoms. The van der Waals surface area contributed by atoms with E-state index in [9.17, 15) is 5.11 Å². The molecule has 1 aliphatic heterocycles. The highest BCUT2D eigenvalue weighted by Gasteiger charge is 2.25. The first kappa shape index (κ1) is 15.3. The minimum absolute atomic E-state index is 0.186. The third-order valence-corrected chi connectivity index (χ3v) is 4.09. The molecule has 2 atom stereocenters. The van der Waals surface area contributed by atoms with E-state index in [1.54, 1.807) is 0 Å². The zero-order chi connectivity index (χ0) is 14.4. The molecule has 0 aliphatic carbocycles. The highest BCUT2D eigenvalue weighted by molar-refractivity contribution is 5.27. The van der Waals surface area contributed by atoms with Crippen LogP contribution in [0.15, 0.2) is 24.3 Å². The lowest BCUT2D eigenvalue weighted by Gasteiger charge is -2.17. The van der Waals surface area contributed by atoms with Gasteiger partial charge in [-0.2, -0.15) is 0 Å². The lowest BCUT2D eigenvalue weighted by Crippen LogP contribution is -2.23. The molecule has 0 radical (unpaired) electrons. The molecule has 1 heterocycles. The smallest absolute Gasteiger partial charge is 0.119 e. The molecule has 0 bridgehead atoms. The summed E-state index contributed by atoms with van der Waals surface area (Å²) >= 11 is 0. The minimum Gasteiger partial charge on any atom is -0.494 e. The molecule has 2 unspecified atom stereocenters. The van der Waals surface area contributed by atoms with Gasteiger partial charge in [0.05, 0.1) is 12.7 Å². The van der Waals surface area contributed by atoms with Crippen LogP contribution in [0.1, 0.15) is 38.7 Å². The van der Waals surface area contributed by atoms with Crippen molar-refractivity contribution in [3.8, 4) is 5.75 Å². The van der Waals surface area contributed by atoms with Crippen molar-refractivity contribution in [2.75, 3.05) is 19.7 Å². The summed E-state index contributed by atoms with van der Waals surface area (Å²) in [6.45, 7) is 7.94. The number of aliphatic hydroxyl groups is 1. The molecule has 1 aromatic rings. The van der Waals surface area contributed by atoms with Crippen LogP contribution in [0, 0.1) is 5.92 Å². The molecule has 1 aliphatic rings. The second-order valence-corrected chi connectivity index (χ2v) is 5.87. The second kappa shape index (κ2) is 7.65. The van der Waals surface area contributed by atoms with Crippen LogP contribution in [0.3, 0.4) is 0 Å². The summed E-state index contributed by atoms with van der Waals surface area (Å²) < 4.78 is 5.67. The first-order valence-electron chi connectivity index (χ1n) is 7.81. The van der Waals surface area contributed by atoms with E-state index in [-0.39, 0.29) is 6.10 Å². The lowest BCUT2D eigenvalue weighted by atomic mass is 10.0. The number of hydrogen-bond acceptors (Lipinski definition) is 3. The molecule has 0 amide bonds. The first-order chi connectivity index (χ1) is 9.69. The van der Waals surface area contributed by atoms with Crippen molar-refractivity contribution in [3.63, 3.8) is 0 Å². The minimum atomic E-state index is -0.186. The number of benzene rings is 1. The summed E-state index contributed by atoms with van der Waals surface area (Å²) in [4.78, 5) is 2.42. The van der Waals surface area contributed by atoms with Gasteiger partial charge in [0.2, 0.25) is 0 Å². The molecule has 0 aromatic heterocycles. The fourth-order valence-electron chi connectivity index (χ4n) is 2.68. The zero-order valence-electron chi connectivity index (χ0n) is 12.7. The van der Waals surface area contributed by atoms with Crippen LogP contribution < -0.4 is 4.74 Å². The van der Waals surface area contributed by atoms with Crippen LogP contribution in [0.25, 0.3) is 0 Å². The number of nitrogens with zero attached hydrogens (tertiary/aromatic N) is 1. The molecule has 3 heteroatoms. The van der Waals surface area contributed by atoms with Gasteiger partial charge in [-0.15, -0.1) is 0 Å². The Morgan fingerprint density at radius 2 is 2.10 bits per heavy atom. The summed E-state index contributed by atoms with van der Waals surface area (Å²) in [7, 11) is 0. The van der Waals surface area contributed by atoms with Crippen LogP contribution in [0.4, 0.5) is 0 Å². The van der Waals surface area contributed by atoms with E-state index in [4.69, 9.17) is 4.74 Å². The van der Waals surface area contributed by atoms with E-state index in [2.05, 4.69) is 36.1 Å². The molecule has 3 nitrogen and oxygen atoms in total. The number of rotatable bonds is 7. The molecule has 1 N–H and O–H groups in total. The molecule has 0 saturated carbocycles. The fraction of sp³-hybridized carbons (Fsp3) is 0.647. The van der Waals surface area contributed by atoms with Crippen LogP contribution in [-0.2, 0) is 6.54 Å². The number of likely N-dealkylation sites (tertiary alicyclic amines) is 1. The van der Waals surface area contributed by atoms with E-state index in [1.165, 1.54) is 5.56 Å². The Labute approximate surface area is 122 Å². The highest BCUT2D eigenvalue weighted by atomic mass is 16.5. The van der Waals surface area contributed by atoms with Crippen molar-refractivity contribution >= 4 is 0 Å². The maximum absolute atomic E-state index is 9.63. The lowest BCUT2D eigenvalue weighted by molar-refractivity contribution is 0.127. The Kier molecular flexibility index (Phi) is 5.86. The Balaban J connectivity index is 1.79. The van der Waals surface area contributed by atoms with Crippen molar-refractivity contribution < 1.29 is 9.84 Å². The van der Waals surface area contributed by atoms with Crippen LogP contribution >= 0.6 is 0 Å². The predicted molar refractivity (Wildman–Crippen MR) is 81.9 cm³/mol. The van der Waals surface area contributed by atoms with Crippen molar-refractivity contribution in [3.05, 3.63) is 29.8 Å². The van der Waals surface area contributed by atoms with Crippen molar-refractivity contribution in [2.24, 2.45) is 5.92 Å². The van der Waals surface area contributed by atoms with E-state index >= 15 is 0 Å². The second-order valence-electron chi connectivity index (χ2n) is 5.87. The molecular formula is C17H27NO2. The number of hydrogen-bond donors (Lipinski definition) is 1. The molecule has 1 aromatic carbocycles. The van der Waals surface area contributed by atoms with Gasteiger partial charge in [0.1, 0.15) is 5.75 Å². The van der Waals surface area contributed by atoms with Gasteiger partial charge in [0.15, 0.2) is 0 Å². The predicted octanol–water partition coefficient (Wildman–Crippen LogP) is 3.07. The number of unbranched alkanes of at least 4 members (excludes halogenated alkanes) is 1. The molecule has 0 spiro atoms. The maximum Gasteiger partial charge on any atom is 0.119 e. The van der Waals surface area contributed by atoms with Gasteiger partial charge in [-0.3, -0.25) is 4.90 Å². The van der Waals surface area contributed by atoms with Gasteiger partial charge in [-0.1, -0.05) is 25.5 Å². The maximum atomic E-state index is 9.63. The standard InChI is InChI=1S/C17H27NO2/c1-3-4-11-20-17-7-5-15(6-8-17)12-18-10-9-16(13-18)14(2)19/h5-8,14,16,19H,3-4,9-13H2,1-2H3. The summed E-state index contributed by atoms with van der Waals surface area (Å²) in [5, 5.41) is 9.63. The molecule has 2 rings (SSSR count). The summed E-state index contributed by atoms with van der Waals surface area (Å²) in [5.41, 5.74) is 1.32. The third kappa shape index (κ3) is 4.50. The SMILES string of the molecule is CCCCOc1ccc(CN2CCC(C(C)O)C2)cc1. The van der Waals surface area contributed by atoms with Crippen molar-refractivity contribution in [1.29, 1.82) is 0 Å². The normalized spacial score (nSPS) is 21.1. The number of aliphatic hydroxyl groups excluding tert-OH is 1. The third-order valence-electron chi connectivity index (χ3n) is 4.09. The van der Waals surface area contributed by atoms with Gasteiger partial charge < -0.3 is 9.84 Å². The van der Waals surface area contributed by atoms with E-state index < -0.39 is 0 Å². The van der Waals surface area contributed by atoms with Crippen LogP contribution in [0.2, 0.25) is 0 Å². The Morgan fingerprint density at radius 3 is 2.70 bits per heavy atom. The molecule has 112 valence electrons. The van der Waals surface area contributed by atoms with E-state index in [0.717, 1.165) is 51.3 Å². The van der Waals surface area contributed by atoms with Gasteiger partial charge in [-0.05, 0) is 49.9 Å². The summed E-state index contributed by atoms with van der Waals surface area (Å²) in [6.07, 6.45) is 3.19. The van der Waals surface area contributed by atoms with Crippen LogP contribution in [0.5, 0.6) is 5.75 Å². The number of ether oxygens (including phenoxy) is 1. The van der Waals surface area contributed by atoms with E-state index in [0.29, 0.717) is 5.92 Å². The molecule has 1 saturated heterocycles. The quantitative estimate of drug-likeness (QED) is 0.778. The average Bonchev–Trinajstić information content (AvgIpc) is 2.90. The van der Waals surface area contributed by atoms with Gasteiger partial charge in [0.25, 0.3) is 0 Å². The molecule has 1 fully saturated rings. The zero-order valence-corrected chi connectivity index (χ0v) is 12.7. The Bertz CT molecular complexity index is 388.